The van der Waals surface area contributed by atoms with Crippen LogP contribution in [0.4, 0.5) is 0 Å². The first-order valence-electron chi connectivity index (χ1n) is 7.74. The number of halogens is 1. The highest BCUT2D eigenvalue weighted by atomic mass is 35.5. The predicted molar refractivity (Wildman–Crippen MR) is 91.2 cm³/mol. The Morgan fingerprint density at radius 1 is 1.08 bits per heavy atom. The van der Waals surface area contributed by atoms with Crippen molar-refractivity contribution in [2.24, 2.45) is 5.10 Å². The van der Waals surface area contributed by atoms with Crippen molar-refractivity contribution in [3.05, 3.63) is 21.3 Å². The van der Waals surface area contributed by atoms with E-state index in [9.17, 15) is 14.4 Å². The second kappa shape index (κ2) is 7.31. The molecule has 0 aliphatic carbocycles. The number of nitrogens with one attached hydrogen (secondary N) is 1. The second-order valence-electron chi connectivity index (χ2n) is 5.64. The Hall–Kier alpha value is -1.93. The van der Waals surface area contributed by atoms with Gasteiger partial charge in [0.1, 0.15) is 5.71 Å². The number of carbonyl (C=O) groups excluding carboxylic acids is 3. The molecular formula is C15H17ClN4O3S. The third-order valence-corrected chi connectivity index (χ3v) is 5.22. The van der Waals surface area contributed by atoms with Gasteiger partial charge in [-0.3, -0.25) is 14.4 Å². The van der Waals surface area contributed by atoms with Crippen LogP contribution in [0.2, 0.25) is 4.34 Å². The summed E-state index contributed by atoms with van der Waals surface area (Å²) in [4.78, 5) is 40.2. The molecule has 128 valence electrons. The molecule has 7 nitrogen and oxygen atoms in total. The predicted octanol–water partition coefficient (Wildman–Crippen LogP) is 1.34. The first kappa shape index (κ1) is 16.9. The molecule has 0 spiro atoms. The SMILES string of the molecule is O=C1CCC(C(=O)N2CCCN(C(=O)c3ccc(Cl)s3)CC2)=NN1. The van der Waals surface area contributed by atoms with Gasteiger partial charge in [0, 0.05) is 39.0 Å². The van der Waals surface area contributed by atoms with E-state index in [1.54, 1.807) is 21.9 Å². The van der Waals surface area contributed by atoms with Gasteiger partial charge in [0.2, 0.25) is 5.91 Å². The Morgan fingerprint density at radius 3 is 2.38 bits per heavy atom. The summed E-state index contributed by atoms with van der Waals surface area (Å²) in [5.74, 6) is -0.388. The van der Waals surface area contributed by atoms with Gasteiger partial charge in [-0.1, -0.05) is 11.6 Å². The average molecular weight is 369 g/mol. The van der Waals surface area contributed by atoms with Crippen molar-refractivity contribution >= 4 is 46.4 Å². The van der Waals surface area contributed by atoms with Gasteiger partial charge in [-0.2, -0.15) is 5.10 Å². The van der Waals surface area contributed by atoms with E-state index in [-0.39, 0.29) is 24.1 Å². The smallest absolute Gasteiger partial charge is 0.270 e. The maximum Gasteiger partial charge on any atom is 0.270 e. The summed E-state index contributed by atoms with van der Waals surface area (Å²) < 4.78 is 0.585. The molecule has 1 fully saturated rings. The molecule has 1 aromatic heterocycles. The number of hydrogen-bond donors (Lipinski definition) is 1. The molecule has 24 heavy (non-hydrogen) atoms. The molecule has 0 saturated carbocycles. The second-order valence-corrected chi connectivity index (χ2v) is 7.35. The van der Waals surface area contributed by atoms with Gasteiger partial charge in [-0.05, 0) is 18.6 Å². The maximum atomic E-state index is 12.5. The molecule has 1 aromatic rings. The van der Waals surface area contributed by atoms with Crippen LogP contribution >= 0.6 is 22.9 Å². The third kappa shape index (κ3) is 3.76. The van der Waals surface area contributed by atoms with Crippen LogP contribution in [-0.4, -0.2) is 59.4 Å². The Morgan fingerprint density at radius 2 is 1.79 bits per heavy atom. The lowest BCUT2D eigenvalue weighted by Crippen LogP contribution is -2.42. The van der Waals surface area contributed by atoms with Crippen LogP contribution in [-0.2, 0) is 9.59 Å². The van der Waals surface area contributed by atoms with Crippen LogP contribution in [0.5, 0.6) is 0 Å². The zero-order valence-corrected chi connectivity index (χ0v) is 14.5. The highest BCUT2D eigenvalue weighted by Crippen LogP contribution is 2.23. The zero-order chi connectivity index (χ0) is 17.1. The molecule has 1 saturated heterocycles. The number of hydrazone groups is 1. The summed E-state index contributed by atoms with van der Waals surface area (Å²) in [6.07, 6.45) is 1.34. The lowest BCUT2D eigenvalue weighted by molar-refractivity contribution is -0.124. The van der Waals surface area contributed by atoms with Gasteiger partial charge in [-0.25, -0.2) is 5.43 Å². The van der Waals surface area contributed by atoms with Crippen molar-refractivity contribution < 1.29 is 14.4 Å². The maximum absolute atomic E-state index is 12.5. The monoisotopic (exact) mass is 368 g/mol. The number of carbonyl (C=O) groups is 3. The molecular weight excluding hydrogens is 352 g/mol. The van der Waals surface area contributed by atoms with Crippen LogP contribution < -0.4 is 5.43 Å². The molecule has 1 N–H and O–H groups in total. The van der Waals surface area contributed by atoms with Crippen molar-refractivity contribution in [2.45, 2.75) is 19.3 Å². The molecule has 0 radical (unpaired) electrons. The number of hydrogen-bond acceptors (Lipinski definition) is 5. The number of thiophene rings is 1. The molecule has 3 rings (SSSR count). The van der Waals surface area contributed by atoms with Crippen molar-refractivity contribution in [1.29, 1.82) is 0 Å². The van der Waals surface area contributed by atoms with Gasteiger partial charge in [0.15, 0.2) is 0 Å². The summed E-state index contributed by atoms with van der Waals surface area (Å²) in [6, 6.07) is 3.44. The molecule has 0 atom stereocenters. The minimum atomic E-state index is -0.172. The Labute approximate surface area is 148 Å². The lowest BCUT2D eigenvalue weighted by Gasteiger charge is -2.23. The van der Waals surface area contributed by atoms with Crippen molar-refractivity contribution in [3.8, 4) is 0 Å². The van der Waals surface area contributed by atoms with E-state index in [1.807, 2.05) is 0 Å². The van der Waals surface area contributed by atoms with Gasteiger partial charge in [-0.15, -0.1) is 11.3 Å². The van der Waals surface area contributed by atoms with Crippen LogP contribution in [0, 0.1) is 0 Å². The molecule has 0 aromatic carbocycles. The Balaban J connectivity index is 1.61. The first-order chi connectivity index (χ1) is 11.5. The lowest BCUT2D eigenvalue weighted by atomic mass is 10.1. The van der Waals surface area contributed by atoms with Crippen molar-refractivity contribution in [1.82, 2.24) is 15.2 Å². The normalized spacial score (nSPS) is 18.7. The average Bonchev–Trinajstić information content (AvgIpc) is 2.87. The molecule has 9 heteroatoms. The topological polar surface area (TPSA) is 82.1 Å². The van der Waals surface area contributed by atoms with Gasteiger partial charge >= 0.3 is 0 Å². The minimum absolute atomic E-state index is 0.0523. The summed E-state index contributed by atoms with van der Waals surface area (Å²) in [7, 11) is 0. The van der Waals surface area contributed by atoms with E-state index in [1.165, 1.54) is 11.3 Å². The molecule has 2 aliphatic heterocycles. The third-order valence-electron chi connectivity index (χ3n) is 4.01. The Bertz CT molecular complexity index is 703. The van der Waals surface area contributed by atoms with Crippen LogP contribution in [0.3, 0.4) is 0 Å². The van der Waals surface area contributed by atoms with Crippen LogP contribution in [0.1, 0.15) is 28.9 Å². The largest absolute Gasteiger partial charge is 0.336 e. The molecule has 3 heterocycles. The summed E-state index contributed by atoms with van der Waals surface area (Å²) in [5, 5.41) is 3.85. The number of nitrogens with zero attached hydrogens (tertiary/aromatic N) is 3. The summed E-state index contributed by atoms with van der Waals surface area (Å²) in [6.45, 7) is 2.10. The molecule has 3 amide bonds. The fourth-order valence-electron chi connectivity index (χ4n) is 2.72. The van der Waals surface area contributed by atoms with Gasteiger partial charge < -0.3 is 9.80 Å². The van der Waals surface area contributed by atoms with Crippen molar-refractivity contribution in [3.63, 3.8) is 0 Å². The van der Waals surface area contributed by atoms with E-state index >= 15 is 0 Å². The highest BCUT2D eigenvalue weighted by molar-refractivity contribution is 7.17. The highest BCUT2D eigenvalue weighted by Gasteiger charge is 2.27. The Kier molecular flexibility index (Phi) is 5.15. The number of amides is 3. The quantitative estimate of drug-likeness (QED) is 0.855. The molecule has 0 bridgehead atoms. The van der Waals surface area contributed by atoms with E-state index in [0.717, 1.165) is 0 Å². The molecule has 2 aliphatic rings. The minimum Gasteiger partial charge on any atom is -0.336 e. The van der Waals surface area contributed by atoms with Gasteiger partial charge in [0.05, 0.1) is 9.21 Å². The van der Waals surface area contributed by atoms with E-state index in [0.29, 0.717) is 53.9 Å². The van der Waals surface area contributed by atoms with E-state index < -0.39 is 0 Å². The summed E-state index contributed by atoms with van der Waals surface area (Å²) in [5.41, 5.74) is 2.72. The molecule has 0 unspecified atom stereocenters. The summed E-state index contributed by atoms with van der Waals surface area (Å²) >= 11 is 7.15. The standard InChI is InChI=1S/C15H17ClN4O3S/c16-12-4-3-11(24-12)15(23)20-7-1-6-19(8-9-20)14(22)10-2-5-13(21)18-17-10/h3-4H,1-2,5-9H2,(H,18,21). The van der Waals surface area contributed by atoms with Crippen LogP contribution in [0.15, 0.2) is 17.2 Å². The first-order valence-corrected chi connectivity index (χ1v) is 8.93. The van der Waals surface area contributed by atoms with Crippen LogP contribution in [0.25, 0.3) is 0 Å². The number of rotatable bonds is 2. The fourth-order valence-corrected chi connectivity index (χ4v) is 3.73. The van der Waals surface area contributed by atoms with Crippen molar-refractivity contribution in [2.75, 3.05) is 26.2 Å². The zero-order valence-electron chi connectivity index (χ0n) is 13.0. The fraction of sp³-hybridized carbons (Fsp3) is 0.467. The van der Waals surface area contributed by atoms with E-state index in [2.05, 4.69) is 10.5 Å². The van der Waals surface area contributed by atoms with Gasteiger partial charge in [0.25, 0.3) is 11.8 Å². The van der Waals surface area contributed by atoms with E-state index in [4.69, 9.17) is 11.6 Å².